The van der Waals surface area contributed by atoms with Gasteiger partial charge in [0.15, 0.2) is 11.5 Å². The summed E-state index contributed by atoms with van der Waals surface area (Å²) >= 11 is 0. The van der Waals surface area contributed by atoms with Crippen LogP contribution in [0.2, 0.25) is 0 Å². The number of rotatable bonds is 11. The average molecular weight is 456 g/mol. The number of benzene rings is 2. The van der Waals surface area contributed by atoms with Crippen molar-refractivity contribution in [1.82, 2.24) is 10.0 Å². The first-order chi connectivity index (χ1) is 14.8. The van der Waals surface area contributed by atoms with Gasteiger partial charge in [-0.1, -0.05) is 12.1 Å². The summed E-state index contributed by atoms with van der Waals surface area (Å²) in [4.78, 5) is 12.0. The van der Waals surface area contributed by atoms with E-state index in [1.54, 1.807) is 6.07 Å². The average Bonchev–Trinajstić information content (AvgIpc) is 2.75. The Morgan fingerprint density at radius 1 is 1.06 bits per heavy atom. The topological polar surface area (TPSA) is 103 Å². The van der Waals surface area contributed by atoms with Gasteiger partial charge in [0, 0.05) is 24.7 Å². The molecule has 0 radical (unpaired) electrons. The maximum Gasteiger partial charge on any atom is 0.387 e. The van der Waals surface area contributed by atoms with Crippen molar-refractivity contribution in [3.63, 3.8) is 0 Å². The Kier molecular flexibility index (Phi) is 8.76. The summed E-state index contributed by atoms with van der Waals surface area (Å²) in [6, 6.07) is 10.3. The molecule has 0 atom stereocenters. The molecule has 2 N–H and O–H groups in total. The van der Waals surface area contributed by atoms with Gasteiger partial charge in [-0.2, -0.15) is 8.78 Å². The van der Waals surface area contributed by atoms with E-state index in [2.05, 4.69) is 14.8 Å². The van der Waals surface area contributed by atoms with Gasteiger partial charge in [-0.05, 0) is 36.4 Å². The molecule has 31 heavy (non-hydrogen) atoms. The monoisotopic (exact) mass is 456 g/mol. The lowest BCUT2D eigenvalue weighted by atomic mass is 10.1. The number of hydrogen-bond donors (Lipinski definition) is 2. The molecule has 2 aromatic rings. The number of sulfonamides is 1. The molecule has 0 spiro atoms. The number of para-hydroxylation sites is 1. The van der Waals surface area contributed by atoms with Crippen molar-refractivity contribution in [1.29, 1.82) is 0 Å². The highest BCUT2D eigenvalue weighted by Gasteiger charge is 2.15. The predicted molar refractivity (Wildman–Crippen MR) is 110 cm³/mol. The molecule has 0 aliphatic carbocycles. The molecule has 168 valence electrons. The van der Waals surface area contributed by atoms with Crippen LogP contribution in [0.25, 0.3) is 6.08 Å². The predicted octanol–water partition coefficient (Wildman–Crippen LogP) is 2.41. The third-order valence-corrected chi connectivity index (χ3v) is 5.41. The molecule has 0 aliphatic rings. The van der Waals surface area contributed by atoms with E-state index in [9.17, 15) is 22.0 Å². The van der Waals surface area contributed by atoms with E-state index >= 15 is 0 Å². The van der Waals surface area contributed by atoms with E-state index in [1.165, 1.54) is 56.7 Å². The zero-order valence-corrected chi connectivity index (χ0v) is 17.6. The second-order valence-electron chi connectivity index (χ2n) is 5.95. The Morgan fingerprint density at radius 2 is 1.77 bits per heavy atom. The molecular formula is C20H22F2N2O6S. The van der Waals surface area contributed by atoms with E-state index in [0.29, 0.717) is 5.75 Å². The van der Waals surface area contributed by atoms with E-state index in [4.69, 9.17) is 9.47 Å². The molecule has 0 heterocycles. The molecule has 0 fully saturated rings. The molecule has 8 nitrogen and oxygen atoms in total. The van der Waals surface area contributed by atoms with E-state index in [-0.39, 0.29) is 35.0 Å². The minimum atomic E-state index is -3.74. The first kappa shape index (κ1) is 24.1. The normalized spacial score (nSPS) is 11.5. The number of methoxy groups -OCH3 is 2. The van der Waals surface area contributed by atoms with Crippen molar-refractivity contribution < 1.29 is 36.2 Å². The number of carbonyl (C=O) groups is 1. The maximum absolute atomic E-state index is 12.6. The number of nitrogens with one attached hydrogen (secondary N) is 2. The second-order valence-corrected chi connectivity index (χ2v) is 7.72. The van der Waals surface area contributed by atoms with Crippen LogP contribution in [0, 0.1) is 0 Å². The van der Waals surface area contributed by atoms with Crippen LogP contribution in [0.15, 0.2) is 53.4 Å². The first-order valence-corrected chi connectivity index (χ1v) is 10.5. The fourth-order valence-corrected chi connectivity index (χ4v) is 3.51. The van der Waals surface area contributed by atoms with Gasteiger partial charge in [0.05, 0.1) is 19.1 Å². The van der Waals surface area contributed by atoms with Gasteiger partial charge in [-0.15, -0.1) is 0 Å². The molecule has 11 heteroatoms. The van der Waals surface area contributed by atoms with Crippen LogP contribution in [-0.4, -0.2) is 48.2 Å². The Balaban J connectivity index is 1.90. The van der Waals surface area contributed by atoms with Gasteiger partial charge in [-0.3, -0.25) is 4.79 Å². The standard InChI is InChI=1S/C20H22F2N2O6S/c1-28-15-7-9-16(10-8-15)31(26,27)24-13-12-23-18(25)11-6-14-4-3-5-17(29-2)19(14)30-20(21)22/h3-11,20,24H,12-13H2,1-2H3,(H,23,25)/b11-6+. The fraction of sp³-hybridized carbons (Fsp3) is 0.250. The summed E-state index contributed by atoms with van der Waals surface area (Å²) in [6.45, 7) is -3.10. The van der Waals surface area contributed by atoms with Gasteiger partial charge >= 0.3 is 6.61 Å². The lowest BCUT2D eigenvalue weighted by Gasteiger charge is -2.12. The maximum atomic E-state index is 12.6. The number of halogens is 2. The highest BCUT2D eigenvalue weighted by molar-refractivity contribution is 7.89. The molecule has 2 rings (SSSR count). The van der Waals surface area contributed by atoms with Crippen LogP contribution in [-0.2, 0) is 14.8 Å². The molecule has 0 unspecified atom stereocenters. The summed E-state index contributed by atoms with van der Waals surface area (Å²) in [5, 5.41) is 2.49. The van der Waals surface area contributed by atoms with Crippen molar-refractivity contribution in [2.45, 2.75) is 11.5 Å². The summed E-state index contributed by atoms with van der Waals surface area (Å²) in [5.74, 6) is -0.127. The summed E-state index contributed by atoms with van der Waals surface area (Å²) in [7, 11) is -0.961. The van der Waals surface area contributed by atoms with E-state index in [1.807, 2.05) is 0 Å². The fourth-order valence-electron chi connectivity index (χ4n) is 2.47. The van der Waals surface area contributed by atoms with Crippen molar-refractivity contribution >= 4 is 22.0 Å². The molecule has 0 saturated carbocycles. The minimum absolute atomic E-state index is 0.0110. The molecule has 0 aliphatic heterocycles. The highest BCUT2D eigenvalue weighted by Crippen LogP contribution is 2.33. The number of ether oxygens (including phenoxy) is 3. The molecular weight excluding hydrogens is 434 g/mol. The molecule has 0 bridgehead atoms. The minimum Gasteiger partial charge on any atom is -0.497 e. The molecule has 0 saturated heterocycles. The SMILES string of the molecule is COc1ccc(S(=O)(=O)NCCNC(=O)/C=C/c2cccc(OC)c2OC(F)F)cc1. The quantitative estimate of drug-likeness (QED) is 0.398. The van der Waals surface area contributed by atoms with E-state index in [0.717, 1.165) is 6.08 Å². The van der Waals surface area contributed by atoms with Gasteiger partial charge in [0.25, 0.3) is 0 Å². The summed E-state index contributed by atoms with van der Waals surface area (Å²) in [6.07, 6.45) is 2.40. The Labute approximate surface area is 178 Å². The Bertz CT molecular complexity index is 1010. The lowest BCUT2D eigenvalue weighted by Crippen LogP contribution is -2.34. The van der Waals surface area contributed by atoms with Gasteiger partial charge in [-0.25, -0.2) is 13.1 Å². The second kappa shape index (κ2) is 11.3. The van der Waals surface area contributed by atoms with Crippen LogP contribution >= 0.6 is 0 Å². The third kappa shape index (κ3) is 7.23. The lowest BCUT2D eigenvalue weighted by molar-refractivity contribution is -0.116. The third-order valence-electron chi connectivity index (χ3n) is 3.94. The zero-order chi connectivity index (χ0) is 22.9. The number of alkyl halides is 2. The van der Waals surface area contributed by atoms with Crippen molar-refractivity contribution in [2.75, 3.05) is 27.3 Å². The van der Waals surface area contributed by atoms with Gasteiger partial charge in [0.2, 0.25) is 15.9 Å². The van der Waals surface area contributed by atoms with Crippen LogP contribution in [0.3, 0.4) is 0 Å². The molecule has 1 amide bonds. The summed E-state index contributed by atoms with van der Waals surface area (Å²) < 4.78 is 66.5. The first-order valence-electron chi connectivity index (χ1n) is 8.98. The Morgan fingerprint density at radius 3 is 2.39 bits per heavy atom. The number of carbonyl (C=O) groups excluding carboxylic acids is 1. The largest absolute Gasteiger partial charge is 0.497 e. The Hall–Kier alpha value is -3.18. The molecule has 0 aromatic heterocycles. The van der Waals surface area contributed by atoms with Crippen LogP contribution < -0.4 is 24.2 Å². The zero-order valence-electron chi connectivity index (χ0n) is 16.8. The smallest absolute Gasteiger partial charge is 0.387 e. The van der Waals surface area contributed by atoms with Crippen LogP contribution in [0.1, 0.15) is 5.56 Å². The van der Waals surface area contributed by atoms with Crippen molar-refractivity contribution in [2.24, 2.45) is 0 Å². The van der Waals surface area contributed by atoms with Crippen molar-refractivity contribution in [3.8, 4) is 17.2 Å². The van der Waals surface area contributed by atoms with E-state index < -0.39 is 22.5 Å². The number of amides is 1. The van der Waals surface area contributed by atoms with Crippen LogP contribution in [0.4, 0.5) is 8.78 Å². The van der Waals surface area contributed by atoms with Crippen molar-refractivity contribution in [3.05, 3.63) is 54.1 Å². The van der Waals surface area contributed by atoms with Gasteiger partial charge in [0.1, 0.15) is 5.75 Å². The highest BCUT2D eigenvalue weighted by atomic mass is 32.2. The molecule has 2 aromatic carbocycles. The summed E-state index contributed by atoms with van der Waals surface area (Å²) in [5.41, 5.74) is 0.218. The van der Waals surface area contributed by atoms with Gasteiger partial charge < -0.3 is 19.5 Å². The van der Waals surface area contributed by atoms with Crippen LogP contribution in [0.5, 0.6) is 17.2 Å². The number of hydrogen-bond acceptors (Lipinski definition) is 6.